The van der Waals surface area contributed by atoms with Crippen LogP contribution in [0.1, 0.15) is 0 Å². The third kappa shape index (κ3) is 2.89. The molecule has 0 aliphatic rings. The molecule has 0 spiro atoms. The van der Waals surface area contributed by atoms with Gasteiger partial charge in [-0.05, 0) is 54.6 Å². The number of ether oxygens (including phenoxy) is 1. The van der Waals surface area contributed by atoms with E-state index in [1.165, 1.54) is 18.5 Å². The predicted octanol–water partition coefficient (Wildman–Crippen LogP) is 3.96. The van der Waals surface area contributed by atoms with E-state index in [-0.39, 0.29) is 5.82 Å². The number of nitrogens with zero attached hydrogens (tertiary/aromatic N) is 2. The molecule has 2 aromatic carbocycles. The number of hydrogen-bond donors (Lipinski definition) is 0. The average Bonchev–Trinajstić information content (AvgIpc) is 2.56. The Morgan fingerprint density at radius 3 is 1.86 bits per heavy atom. The van der Waals surface area contributed by atoms with Crippen LogP contribution in [0.2, 0.25) is 0 Å². The van der Waals surface area contributed by atoms with Crippen molar-refractivity contribution < 1.29 is 9.13 Å². The molecule has 0 radical (unpaired) electrons. The highest BCUT2D eigenvalue weighted by Crippen LogP contribution is 2.24. The first-order valence-electron chi connectivity index (χ1n) is 6.49. The van der Waals surface area contributed by atoms with Crippen molar-refractivity contribution in [3.63, 3.8) is 0 Å². The van der Waals surface area contributed by atoms with Crippen LogP contribution in [0.4, 0.5) is 4.39 Å². The summed E-state index contributed by atoms with van der Waals surface area (Å²) >= 11 is 0. The molecule has 0 atom stereocenters. The minimum absolute atomic E-state index is 0.261. The molecule has 3 rings (SSSR count). The number of halogens is 1. The summed E-state index contributed by atoms with van der Waals surface area (Å²) in [5.74, 6) is 0.537. The van der Waals surface area contributed by atoms with Crippen molar-refractivity contribution in [2.75, 3.05) is 7.11 Å². The lowest BCUT2D eigenvalue weighted by Gasteiger charge is -2.05. The van der Waals surface area contributed by atoms with Crippen molar-refractivity contribution in [1.29, 1.82) is 0 Å². The maximum absolute atomic E-state index is 13.0. The van der Waals surface area contributed by atoms with Gasteiger partial charge in [0, 0.05) is 11.1 Å². The van der Waals surface area contributed by atoms with E-state index in [0.717, 1.165) is 28.3 Å². The van der Waals surface area contributed by atoms with Crippen LogP contribution in [0.3, 0.4) is 0 Å². The fourth-order valence-corrected chi connectivity index (χ4v) is 2.06. The van der Waals surface area contributed by atoms with Gasteiger partial charge in [0.15, 0.2) is 0 Å². The molecule has 1 heterocycles. The van der Waals surface area contributed by atoms with E-state index in [0.29, 0.717) is 0 Å². The SMILES string of the molecule is COc1ccc(-c2cc(-c3ccc(F)cc3)ncn2)cc1. The normalized spacial score (nSPS) is 10.4. The highest BCUT2D eigenvalue weighted by atomic mass is 19.1. The summed E-state index contributed by atoms with van der Waals surface area (Å²) in [6.07, 6.45) is 1.51. The van der Waals surface area contributed by atoms with Gasteiger partial charge in [0.1, 0.15) is 17.9 Å². The van der Waals surface area contributed by atoms with Crippen LogP contribution in [0, 0.1) is 5.82 Å². The zero-order valence-corrected chi connectivity index (χ0v) is 11.5. The first kappa shape index (κ1) is 13.2. The fourth-order valence-electron chi connectivity index (χ4n) is 2.06. The molecule has 0 unspecified atom stereocenters. The largest absolute Gasteiger partial charge is 0.497 e. The highest BCUT2D eigenvalue weighted by molar-refractivity contribution is 5.67. The molecule has 0 fully saturated rings. The Hall–Kier alpha value is -2.75. The van der Waals surface area contributed by atoms with Gasteiger partial charge in [-0.1, -0.05) is 0 Å². The summed E-state index contributed by atoms with van der Waals surface area (Å²) in [5.41, 5.74) is 3.40. The molecular weight excluding hydrogens is 267 g/mol. The Kier molecular flexibility index (Phi) is 3.60. The van der Waals surface area contributed by atoms with Crippen LogP contribution >= 0.6 is 0 Å². The molecule has 0 saturated carbocycles. The maximum atomic E-state index is 13.0. The molecule has 0 N–H and O–H groups in total. The maximum Gasteiger partial charge on any atom is 0.123 e. The minimum atomic E-state index is -0.261. The van der Waals surface area contributed by atoms with E-state index in [1.54, 1.807) is 19.2 Å². The monoisotopic (exact) mass is 280 g/mol. The van der Waals surface area contributed by atoms with Gasteiger partial charge in [-0.15, -0.1) is 0 Å². The second kappa shape index (κ2) is 5.71. The average molecular weight is 280 g/mol. The van der Waals surface area contributed by atoms with Gasteiger partial charge in [0.05, 0.1) is 18.5 Å². The van der Waals surface area contributed by atoms with Crippen molar-refractivity contribution in [2.45, 2.75) is 0 Å². The molecule has 0 saturated heterocycles. The molecule has 4 heteroatoms. The quantitative estimate of drug-likeness (QED) is 0.728. The van der Waals surface area contributed by atoms with Gasteiger partial charge in [0.25, 0.3) is 0 Å². The molecule has 1 aromatic heterocycles. The summed E-state index contributed by atoms with van der Waals surface area (Å²) in [4.78, 5) is 8.52. The van der Waals surface area contributed by atoms with Crippen LogP contribution in [0.5, 0.6) is 5.75 Å². The summed E-state index contributed by atoms with van der Waals surface area (Å²) < 4.78 is 18.1. The lowest BCUT2D eigenvalue weighted by atomic mass is 10.1. The van der Waals surface area contributed by atoms with Gasteiger partial charge >= 0.3 is 0 Å². The van der Waals surface area contributed by atoms with Gasteiger partial charge in [-0.2, -0.15) is 0 Å². The zero-order chi connectivity index (χ0) is 14.7. The molecular formula is C17H13FN2O. The van der Waals surface area contributed by atoms with Crippen LogP contribution in [0.15, 0.2) is 60.9 Å². The summed E-state index contributed by atoms with van der Waals surface area (Å²) in [5, 5.41) is 0. The third-order valence-electron chi connectivity index (χ3n) is 3.19. The number of aromatic nitrogens is 2. The van der Waals surface area contributed by atoms with Crippen LogP contribution in [-0.4, -0.2) is 17.1 Å². The second-order valence-corrected chi connectivity index (χ2v) is 4.52. The molecule has 0 aliphatic carbocycles. The predicted molar refractivity (Wildman–Crippen MR) is 79.4 cm³/mol. The first-order chi connectivity index (χ1) is 10.3. The molecule has 3 nitrogen and oxygen atoms in total. The molecule has 3 aromatic rings. The van der Waals surface area contributed by atoms with Crippen LogP contribution in [0.25, 0.3) is 22.5 Å². The van der Waals surface area contributed by atoms with Crippen molar-refractivity contribution in [1.82, 2.24) is 9.97 Å². The summed E-state index contributed by atoms with van der Waals surface area (Å²) in [6.45, 7) is 0. The first-order valence-corrected chi connectivity index (χ1v) is 6.49. The number of methoxy groups -OCH3 is 1. The molecule has 0 amide bonds. The fraction of sp³-hybridized carbons (Fsp3) is 0.0588. The Morgan fingerprint density at radius 1 is 0.810 bits per heavy atom. The summed E-state index contributed by atoms with van der Waals surface area (Å²) in [7, 11) is 1.63. The van der Waals surface area contributed by atoms with Gasteiger partial charge < -0.3 is 4.74 Å². The molecule has 104 valence electrons. The van der Waals surface area contributed by atoms with E-state index >= 15 is 0 Å². The molecule has 21 heavy (non-hydrogen) atoms. The lowest BCUT2D eigenvalue weighted by Crippen LogP contribution is -1.90. The second-order valence-electron chi connectivity index (χ2n) is 4.52. The summed E-state index contributed by atoms with van der Waals surface area (Å²) in [6, 6.07) is 15.8. The minimum Gasteiger partial charge on any atom is -0.497 e. The van der Waals surface area contributed by atoms with Crippen LogP contribution < -0.4 is 4.74 Å². The van der Waals surface area contributed by atoms with Crippen molar-refractivity contribution >= 4 is 0 Å². The molecule has 0 aliphatic heterocycles. The van der Waals surface area contributed by atoms with Crippen molar-refractivity contribution in [3.8, 4) is 28.3 Å². The number of rotatable bonds is 3. The number of hydrogen-bond acceptors (Lipinski definition) is 3. The Bertz CT molecular complexity index is 739. The topological polar surface area (TPSA) is 35.0 Å². The van der Waals surface area contributed by atoms with Gasteiger partial charge in [-0.3, -0.25) is 0 Å². The van der Waals surface area contributed by atoms with E-state index < -0.39 is 0 Å². The third-order valence-corrected chi connectivity index (χ3v) is 3.19. The lowest BCUT2D eigenvalue weighted by molar-refractivity contribution is 0.415. The zero-order valence-electron chi connectivity index (χ0n) is 11.5. The van der Waals surface area contributed by atoms with E-state index in [2.05, 4.69) is 9.97 Å². The van der Waals surface area contributed by atoms with Crippen LogP contribution in [-0.2, 0) is 0 Å². The van der Waals surface area contributed by atoms with E-state index in [1.807, 2.05) is 30.3 Å². The van der Waals surface area contributed by atoms with Crippen molar-refractivity contribution in [2.24, 2.45) is 0 Å². The molecule has 0 bridgehead atoms. The van der Waals surface area contributed by atoms with E-state index in [9.17, 15) is 4.39 Å². The van der Waals surface area contributed by atoms with Gasteiger partial charge in [0.2, 0.25) is 0 Å². The smallest absolute Gasteiger partial charge is 0.123 e. The Labute approximate surface area is 122 Å². The Morgan fingerprint density at radius 2 is 1.33 bits per heavy atom. The van der Waals surface area contributed by atoms with E-state index in [4.69, 9.17) is 4.74 Å². The number of benzene rings is 2. The van der Waals surface area contributed by atoms with Crippen molar-refractivity contribution in [3.05, 3.63) is 66.7 Å². The standard InChI is InChI=1S/C17H13FN2O/c1-21-15-8-4-13(5-9-15)17-10-16(19-11-20-17)12-2-6-14(18)7-3-12/h2-11H,1H3. The Balaban J connectivity index is 1.97. The van der Waals surface area contributed by atoms with Gasteiger partial charge in [-0.25, -0.2) is 14.4 Å². The highest BCUT2D eigenvalue weighted by Gasteiger charge is 2.05.